The van der Waals surface area contributed by atoms with Gasteiger partial charge in [-0.1, -0.05) is 19.9 Å². The molecule has 0 aliphatic carbocycles. The van der Waals surface area contributed by atoms with Gasteiger partial charge in [-0.3, -0.25) is 14.4 Å². The molecular formula is C22H35N3O4. The molecule has 1 aromatic carbocycles. The molecule has 0 bridgehead atoms. The fraction of sp³-hybridized carbons (Fsp3) is 0.591. The number of nitrogens with zero attached hydrogens (tertiary/aromatic N) is 2. The fourth-order valence-electron chi connectivity index (χ4n) is 3.06. The predicted molar refractivity (Wildman–Crippen MR) is 115 cm³/mol. The van der Waals surface area contributed by atoms with Crippen molar-refractivity contribution in [3.63, 3.8) is 0 Å². The summed E-state index contributed by atoms with van der Waals surface area (Å²) in [5.41, 5.74) is 0.621. The second-order valence-electron chi connectivity index (χ2n) is 6.92. The zero-order valence-electron chi connectivity index (χ0n) is 18.2. The molecule has 0 atom stereocenters. The number of anilines is 1. The van der Waals surface area contributed by atoms with E-state index in [0.29, 0.717) is 30.8 Å². The van der Waals surface area contributed by atoms with Crippen LogP contribution in [0.5, 0.6) is 5.75 Å². The third-order valence-corrected chi connectivity index (χ3v) is 4.54. The van der Waals surface area contributed by atoms with E-state index in [-0.39, 0.29) is 30.7 Å². The average Bonchev–Trinajstić information content (AvgIpc) is 2.71. The fourth-order valence-corrected chi connectivity index (χ4v) is 3.06. The summed E-state index contributed by atoms with van der Waals surface area (Å²) in [7, 11) is 1.56. The van der Waals surface area contributed by atoms with E-state index in [1.807, 2.05) is 11.8 Å². The van der Waals surface area contributed by atoms with Crippen LogP contribution in [0.25, 0.3) is 0 Å². The summed E-state index contributed by atoms with van der Waals surface area (Å²) in [5.74, 6) is 0.372. The molecule has 162 valence electrons. The molecule has 0 unspecified atom stereocenters. The van der Waals surface area contributed by atoms with E-state index in [4.69, 9.17) is 4.74 Å². The summed E-state index contributed by atoms with van der Waals surface area (Å²) in [6, 6.07) is 7.07. The molecule has 1 rings (SSSR count). The van der Waals surface area contributed by atoms with Crippen molar-refractivity contribution in [3.05, 3.63) is 24.3 Å². The number of carbonyl (C=O) groups excluding carboxylic acids is 3. The number of ether oxygens (including phenoxy) is 1. The summed E-state index contributed by atoms with van der Waals surface area (Å²) in [5, 5.41) is 2.78. The van der Waals surface area contributed by atoms with Crippen molar-refractivity contribution in [2.75, 3.05) is 38.6 Å². The lowest BCUT2D eigenvalue weighted by Gasteiger charge is -2.22. The highest BCUT2D eigenvalue weighted by atomic mass is 16.5. The van der Waals surface area contributed by atoms with Gasteiger partial charge in [0.05, 0.1) is 13.7 Å². The number of likely N-dealkylation sites (N-methyl/N-ethyl adjacent to an activating group) is 1. The lowest BCUT2D eigenvalue weighted by molar-refractivity contribution is -0.135. The number of rotatable bonds is 13. The van der Waals surface area contributed by atoms with E-state index in [0.717, 1.165) is 25.9 Å². The zero-order valence-corrected chi connectivity index (χ0v) is 18.2. The van der Waals surface area contributed by atoms with Gasteiger partial charge in [-0.25, -0.2) is 0 Å². The van der Waals surface area contributed by atoms with E-state index in [9.17, 15) is 14.4 Å². The Morgan fingerprint density at radius 2 is 1.59 bits per heavy atom. The molecule has 0 saturated heterocycles. The molecule has 1 N–H and O–H groups in total. The molecule has 0 radical (unpaired) electrons. The number of nitrogens with one attached hydrogen (secondary N) is 1. The van der Waals surface area contributed by atoms with E-state index in [1.165, 1.54) is 4.90 Å². The smallest absolute Gasteiger partial charge is 0.243 e. The van der Waals surface area contributed by atoms with Gasteiger partial charge in [0.1, 0.15) is 5.75 Å². The molecule has 0 aliphatic heterocycles. The van der Waals surface area contributed by atoms with Crippen LogP contribution in [-0.2, 0) is 14.4 Å². The Balaban J connectivity index is 2.48. The van der Waals surface area contributed by atoms with Crippen molar-refractivity contribution in [1.82, 2.24) is 9.80 Å². The van der Waals surface area contributed by atoms with Crippen LogP contribution in [0.3, 0.4) is 0 Å². The van der Waals surface area contributed by atoms with Gasteiger partial charge in [0.15, 0.2) is 0 Å². The van der Waals surface area contributed by atoms with E-state index >= 15 is 0 Å². The van der Waals surface area contributed by atoms with E-state index < -0.39 is 0 Å². The van der Waals surface area contributed by atoms with Crippen LogP contribution in [0.15, 0.2) is 24.3 Å². The SMILES string of the molecule is CCCN(CCC)C(=O)CCCC(=O)N(CC)CC(=O)Nc1cccc(OC)c1. The Hall–Kier alpha value is -2.57. The lowest BCUT2D eigenvalue weighted by atomic mass is 10.2. The second-order valence-corrected chi connectivity index (χ2v) is 6.92. The maximum Gasteiger partial charge on any atom is 0.243 e. The molecule has 1 aromatic rings. The van der Waals surface area contributed by atoms with Crippen molar-refractivity contribution >= 4 is 23.4 Å². The van der Waals surface area contributed by atoms with Gasteiger partial charge >= 0.3 is 0 Å². The van der Waals surface area contributed by atoms with Gasteiger partial charge in [0.2, 0.25) is 17.7 Å². The van der Waals surface area contributed by atoms with Gasteiger partial charge in [0.25, 0.3) is 0 Å². The highest BCUT2D eigenvalue weighted by Gasteiger charge is 2.17. The summed E-state index contributed by atoms with van der Waals surface area (Å²) >= 11 is 0. The Labute approximate surface area is 174 Å². The number of carbonyl (C=O) groups is 3. The molecular weight excluding hydrogens is 370 g/mol. The summed E-state index contributed by atoms with van der Waals surface area (Å²) in [6.07, 6.45) is 2.97. The molecule has 7 heteroatoms. The van der Waals surface area contributed by atoms with Crippen molar-refractivity contribution in [2.24, 2.45) is 0 Å². The minimum absolute atomic E-state index is 0.0156. The summed E-state index contributed by atoms with van der Waals surface area (Å²) in [4.78, 5) is 40.4. The molecule has 0 spiro atoms. The number of benzene rings is 1. The van der Waals surface area contributed by atoms with Crippen LogP contribution < -0.4 is 10.1 Å². The van der Waals surface area contributed by atoms with Crippen LogP contribution in [0.2, 0.25) is 0 Å². The maximum atomic E-state index is 12.5. The standard InChI is InChI=1S/C22H35N3O4/c1-5-14-25(15-6-2)22(28)13-9-12-21(27)24(7-3)17-20(26)23-18-10-8-11-19(16-18)29-4/h8,10-11,16H,5-7,9,12-15,17H2,1-4H3,(H,23,26). The average molecular weight is 406 g/mol. The molecule has 0 fully saturated rings. The van der Waals surface area contributed by atoms with Crippen LogP contribution in [0, 0.1) is 0 Å². The normalized spacial score (nSPS) is 10.3. The Morgan fingerprint density at radius 1 is 0.966 bits per heavy atom. The maximum absolute atomic E-state index is 12.5. The first kappa shape index (κ1) is 24.5. The first-order valence-electron chi connectivity index (χ1n) is 10.4. The number of amides is 3. The van der Waals surface area contributed by atoms with Crippen LogP contribution >= 0.6 is 0 Å². The molecule has 0 heterocycles. The highest BCUT2D eigenvalue weighted by molar-refractivity contribution is 5.94. The van der Waals surface area contributed by atoms with Crippen LogP contribution in [0.4, 0.5) is 5.69 Å². The topological polar surface area (TPSA) is 79.0 Å². The number of hydrogen-bond acceptors (Lipinski definition) is 4. The first-order valence-corrected chi connectivity index (χ1v) is 10.4. The van der Waals surface area contributed by atoms with E-state index in [1.54, 1.807) is 31.4 Å². The van der Waals surface area contributed by atoms with Crippen LogP contribution in [-0.4, -0.2) is 60.8 Å². The molecule has 0 saturated carbocycles. The van der Waals surface area contributed by atoms with Crippen molar-refractivity contribution < 1.29 is 19.1 Å². The molecule has 29 heavy (non-hydrogen) atoms. The molecule has 0 aromatic heterocycles. The summed E-state index contributed by atoms with van der Waals surface area (Å²) in [6.45, 7) is 7.88. The predicted octanol–water partition coefficient (Wildman–Crippen LogP) is 3.30. The molecule has 7 nitrogen and oxygen atoms in total. The summed E-state index contributed by atoms with van der Waals surface area (Å²) < 4.78 is 5.14. The highest BCUT2D eigenvalue weighted by Crippen LogP contribution is 2.16. The van der Waals surface area contributed by atoms with E-state index in [2.05, 4.69) is 19.2 Å². The lowest BCUT2D eigenvalue weighted by Crippen LogP contribution is -2.38. The third-order valence-electron chi connectivity index (χ3n) is 4.54. The largest absolute Gasteiger partial charge is 0.497 e. The number of methoxy groups -OCH3 is 1. The minimum atomic E-state index is -0.262. The number of hydrogen-bond donors (Lipinski definition) is 1. The third kappa shape index (κ3) is 8.98. The quantitative estimate of drug-likeness (QED) is 0.546. The van der Waals surface area contributed by atoms with Gasteiger partial charge in [-0.15, -0.1) is 0 Å². The first-order chi connectivity index (χ1) is 13.9. The van der Waals surface area contributed by atoms with Crippen molar-refractivity contribution in [2.45, 2.75) is 52.9 Å². The monoisotopic (exact) mass is 405 g/mol. The van der Waals surface area contributed by atoms with Gasteiger partial charge in [0, 0.05) is 44.2 Å². The Kier molecular flexibility index (Phi) is 11.5. The van der Waals surface area contributed by atoms with Crippen molar-refractivity contribution in [1.29, 1.82) is 0 Å². The van der Waals surface area contributed by atoms with Gasteiger partial charge in [-0.2, -0.15) is 0 Å². The zero-order chi connectivity index (χ0) is 21.6. The molecule has 0 aliphatic rings. The minimum Gasteiger partial charge on any atom is -0.497 e. The Morgan fingerprint density at radius 3 is 2.14 bits per heavy atom. The van der Waals surface area contributed by atoms with Crippen LogP contribution in [0.1, 0.15) is 52.9 Å². The Bertz CT molecular complexity index is 657. The van der Waals surface area contributed by atoms with Crippen molar-refractivity contribution in [3.8, 4) is 5.75 Å². The molecule has 3 amide bonds. The second kappa shape index (κ2) is 13.6. The van der Waals surface area contributed by atoms with Gasteiger partial charge < -0.3 is 19.9 Å². The van der Waals surface area contributed by atoms with Gasteiger partial charge in [-0.05, 0) is 38.3 Å².